The fourth-order valence-corrected chi connectivity index (χ4v) is 4.73. The molecule has 14 heteroatoms. The number of ether oxygens (including phenoxy) is 2. The highest BCUT2D eigenvalue weighted by Gasteiger charge is 2.29. The molecule has 4 N–H and O–H groups in total. The number of hydrogen-bond donors (Lipinski definition) is 3. The number of oxime groups is 1. The van der Waals surface area contributed by atoms with Gasteiger partial charge in [0.1, 0.15) is 17.0 Å². The van der Waals surface area contributed by atoms with Crippen LogP contribution in [0.2, 0.25) is 0 Å². The van der Waals surface area contributed by atoms with Crippen LogP contribution in [0.1, 0.15) is 91.8 Å². The summed E-state index contributed by atoms with van der Waals surface area (Å²) in [5.74, 6) is 0.707. The number of nitrogens with zero attached hydrogens (tertiary/aromatic N) is 5. The molecule has 2 atom stereocenters. The molecule has 42 heavy (non-hydrogen) atoms. The number of aliphatic carboxylic acids is 1. The van der Waals surface area contributed by atoms with Crippen molar-refractivity contribution < 1.29 is 38.7 Å². The quantitative estimate of drug-likeness (QED) is 0.178. The van der Waals surface area contributed by atoms with Crippen molar-refractivity contribution in [3.8, 4) is 0 Å². The first-order valence-electron chi connectivity index (χ1n) is 14.5. The number of aryl methyl sites for hydroxylation is 1. The summed E-state index contributed by atoms with van der Waals surface area (Å²) in [6.07, 6.45) is 4.54. The van der Waals surface area contributed by atoms with Crippen LogP contribution < -0.4 is 5.73 Å². The predicted octanol–water partition coefficient (Wildman–Crippen LogP) is 4.05. The van der Waals surface area contributed by atoms with Crippen LogP contribution in [0.3, 0.4) is 0 Å². The SMILES string of the molecule is CC(C)(C)OC(=O)N1CCCC(C/C(N)=N/O)C1.CC(C)(C)OC(=O)N1CCCC(Cc2noc(CCC(=O)O)n2)C1. The summed E-state index contributed by atoms with van der Waals surface area (Å²) in [6, 6.07) is 0. The van der Waals surface area contributed by atoms with Crippen LogP contribution in [-0.2, 0) is 27.1 Å². The summed E-state index contributed by atoms with van der Waals surface area (Å²) in [5, 5.41) is 24.1. The highest BCUT2D eigenvalue weighted by molar-refractivity contribution is 5.80. The lowest BCUT2D eigenvalue weighted by Crippen LogP contribution is -2.43. The minimum Gasteiger partial charge on any atom is -0.481 e. The number of nitrogens with two attached hydrogens (primary N) is 1. The number of carbonyl (C=O) groups excluding carboxylic acids is 2. The third-order valence-corrected chi connectivity index (χ3v) is 6.50. The van der Waals surface area contributed by atoms with E-state index in [0.29, 0.717) is 50.7 Å². The molecule has 2 unspecified atom stereocenters. The lowest BCUT2D eigenvalue weighted by Gasteiger charge is -2.33. The highest BCUT2D eigenvalue weighted by atomic mass is 16.6. The van der Waals surface area contributed by atoms with E-state index in [1.807, 2.05) is 41.5 Å². The molecule has 2 amide bonds. The highest BCUT2D eigenvalue weighted by Crippen LogP contribution is 2.23. The Morgan fingerprint density at radius 3 is 2.00 bits per heavy atom. The van der Waals surface area contributed by atoms with Crippen molar-refractivity contribution in [2.24, 2.45) is 22.7 Å². The van der Waals surface area contributed by atoms with E-state index in [9.17, 15) is 14.4 Å². The van der Waals surface area contributed by atoms with Gasteiger partial charge in [0.05, 0.1) is 6.42 Å². The second-order valence-electron chi connectivity index (χ2n) is 12.9. The van der Waals surface area contributed by atoms with Crippen molar-refractivity contribution in [1.29, 1.82) is 0 Å². The van der Waals surface area contributed by atoms with Crippen LogP contribution in [0.5, 0.6) is 0 Å². The molecule has 0 spiro atoms. The van der Waals surface area contributed by atoms with Crippen molar-refractivity contribution in [3.05, 3.63) is 11.7 Å². The van der Waals surface area contributed by atoms with Gasteiger partial charge in [-0.25, -0.2) is 9.59 Å². The van der Waals surface area contributed by atoms with Gasteiger partial charge in [-0.05, 0) is 79.1 Å². The molecule has 2 fully saturated rings. The van der Waals surface area contributed by atoms with Crippen LogP contribution in [0.4, 0.5) is 9.59 Å². The Hall–Kier alpha value is -3.58. The summed E-state index contributed by atoms with van der Waals surface area (Å²) in [6.45, 7) is 13.7. The van der Waals surface area contributed by atoms with E-state index in [2.05, 4.69) is 15.3 Å². The lowest BCUT2D eigenvalue weighted by atomic mass is 9.94. The first kappa shape index (κ1) is 34.6. The van der Waals surface area contributed by atoms with Gasteiger partial charge in [-0.1, -0.05) is 10.3 Å². The van der Waals surface area contributed by atoms with Gasteiger partial charge in [-0.2, -0.15) is 4.98 Å². The monoisotopic (exact) mass is 596 g/mol. The van der Waals surface area contributed by atoms with Crippen molar-refractivity contribution in [2.75, 3.05) is 26.2 Å². The van der Waals surface area contributed by atoms with Gasteiger partial charge in [0.15, 0.2) is 5.82 Å². The Bertz CT molecular complexity index is 1060. The number of hydrogen-bond acceptors (Lipinski definition) is 10. The minimum absolute atomic E-state index is 0.0303. The van der Waals surface area contributed by atoms with Crippen molar-refractivity contribution in [2.45, 2.75) is 104 Å². The number of carboxylic acids is 1. The van der Waals surface area contributed by atoms with Crippen LogP contribution in [0.15, 0.2) is 9.68 Å². The topological polar surface area (TPSA) is 194 Å². The number of piperidine rings is 2. The van der Waals surface area contributed by atoms with Gasteiger partial charge in [-0.15, -0.1) is 0 Å². The smallest absolute Gasteiger partial charge is 0.410 e. The molecule has 238 valence electrons. The fourth-order valence-electron chi connectivity index (χ4n) is 4.73. The Labute approximate surface area is 247 Å². The van der Waals surface area contributed by atoms with E-state index < -0.39 is 17.2 Å². The zero-order chi connectivity index (χ0) is 31.5. The summed E-state index contributed by atoms with van der Waals surface area (Å²) in [7, 11) is 0. The normalized spacial score (nSPS) is 19.9. The molecule has 0 radical (unpaired) electrons. The van der Waals surface area contributed by atoms with E-state index in [0.717, 1.165) is 25.7 Å². The number of carbonyl (C=O) groups is 3. The molecular weight excluding hydrogens is 548 g/mol. The van der Waals surface area contributed by atoms with Gasteiger partial charge in [0, 0.05) is 45.4 Å². The van der Waals surface area contributed by atoms with Gasteiger partial charge < -0.3 is 39.8 Å². The van der Waals surface area contributed by atoms with Crippen molar-refractivity contribution in [3.63, 3.8) is 0 Å². The average Bonchev–Trinajstić information content (AvgIpc) is 3.33. The fraction of sp³-hybridized carbons (Fsp3) is 0.786. The van der Waals surface area contributed by atoms with E-state index in [-0.39, 0.29) is 42.7 Å². The predicted molar refractivity (Wildman–Crippen MR) is 153 cm³/mol. The standard InChI is InChI=1S/C16H25N3O5.C12H23N3O3/c1-16(2,3)23-15(22)19-8-4-5-11(10-19)9-12-17-13(24-18-12)6-7-14(20)21;1-12(2,3)18-11(16)15-6-4-5-9(8-15)7-10(13)14-17/h11H,4-10H2,1-3H3,(H,20,21);9,17H,4-8H2,1-3H3,(H2,13,14). The van der Waals surface area contributed by atoms with Crippen LogP contribution in [0.25, 0.3) is 0 Å². The van der Waals surface area contributed by atoms with Crippen LogP contribution in [-0.4, -0.2) is 91.6 Å². The number of carboxylic acid groups (broad SMARTS) is 1. The molecule has 1 aromatic rings. The lowest BCUT2D eigenvalue weighted by molar-refractivity contribution is -0.137. The van der Waals surface area contributed by atoms with Crippen molar-refractivity contribution >= 4 is 24.0 Å². The zero-order valence-electron chi connectivity index (χ0n) is 25.8. The van der Waals surface area contributed by atoms with E-state index in [1.54, 1.807) is 9.80 Å². The molecule has 0 aromatic carbocycles. The average molecular weight is 597 g/mol. The summed E-state index contributed by atoms with van der Waals surface area (Å²) >= 11 is 0. The largest absolute Gasteiger partial charge is 0.481 e. The third kappa shape index (κ3) is 13.4. The molecule has 0 aliphatic carbocycles. The maximum atomic E-state index is 12.2. The molecule has 2 aliphatic heterocycles. The van der Waals surface area contributed by atoms with Gasteiger partial charge in [0.2, 0.25) is 5.89 Å². The Morgan fingerprint density at radius 2 is 1.50 bits per heavy atom. The molecule has 14 nitrogen and oxygen atoms in total. The molecule has 1 aromatic heterocycles. The second kappa shape index (κ2) is 15.6. The van der Waals surface area contributed by atoms with E-state index in [4.69, 9.17) is 30.0 Å². The summed E-state index contributed by atoms with van der Waals surface area (Å²) < 4.78 is 15.8. The first-order chi connectivity index (χ1) is 19.5. The molecule has 3 heterocycles. The molecule has 0 saturated carbocycles. The molecule has 2 aliphatic rings. The number of amides is 2. The van der Waals surface area contributed by atoms with Gasteiger partial charge in [0.25, 0.3) is 0 Å². The second-order valence-corrected chi connectivity index (χ2v) is 12.9. The number of rotatable bonds is 7. The summed E-state index contributed by atoms with van der Waals surface area (Å²) in [4.78, 5) is 42.3. The Balaban J connectivity index is 0.000000307. The third-order valence-electron chi connectivity index (χ3n) is 6.50. The van der Waals surface area contributed by atoms with E-state index in [1.165, 1.54) is 0 Å². The summed E-state index contributed by atoms with van der Waals surface area (Å²) in [5.41, 5.74) is 4.51. The maximum Gasteiger partial charge on any atom is 0.410 e. The number of aromatic nitrogens is 2. The minimum atomic E-state index is -0.893. The Kier molecular flexibility index (Phi) is 12.9. The molecule has 2 saturated heterocycles. The zero-order valence-corrected chi connectivity index (χ0v) is 25.8. The molecular formula is C28H48N6O8. The van der Waals surface area contributed by atoms with E-state index >= 15 is 0 Å². The maximum absolute atomic E-state index is 12.2. The van der Waals surface area contributed by atoms with Gasteiger partial charge >= 0.3 is 18.2 Å². The number of amidine groups is 1. The molecule has 0 bridgehead atoms. The van der Waals surface area contributed by atoms with Crippen LogP contribution >= 0.6 is 0 Å². The first-order valence-corrected chi connectivity index (χ1v) is 14.5. The molecule has 3 rings (SSSR count). The number of likely N-dealkylation sites (tertiary alicyclic amines) is 2. The Morgan fingerprint density at radius 1 is 0.976 bits per heavy atom. The van der Waals surface area contributed by atoms with Gasteiger partial charge in [-0.3, -0.25) is 4.79 Å². The van der Waals surface area contributed by atoms with Crippen LogP contribution in [0, 0.1) is 11.8 Å². The van der Waals surface area contributed by atoms with Crippen molar-refractivity contribution in [1.82, 2.24) is 19.9 Å².